The average Bonchev–Trinajstić information content (AvgIpc) is 3.47. The fourth-order valence-electron chi connectivity index (χ4n) is 3.52. The van der Waals surface area contributed by atoms with Crippen molar-refractivity contribution in [2.75, 3.05) is 19.6 Å². The Bertz CT molecular complexity index is 782. The van der Waals surface area contributed by atoms with Crippen molar-refractivity contribution in [3.8, 4) is 0 Å². The number of carbonyl (C=O) groups is 1. The molecule has 2 aromatic rings. The summed E-state index contributed by atoms with van der Waals surface area (Å²) in [5.41, 5.74) is 1.03. The lowest BCUT2D eigenvalue weighted by molar-refractivity contribution is 0.0431. The van der Waals surface area contributed by atoms with Gasteiger partial charge in [0.15, 0.2) is 0 Å². The van der Waals surface area contributed by atoms with Crippen LogP contribution in [0.25, 0.3) is 0 Å². The number of pyridine rings is 1. The highest BCUT2D eigenvalue weighted by atomic mass is 16.2. The topological polar surface area (TPSA) is 56.4 Å². The molecule has 1 N–H and O–H groups in total. The zero-order valence-corrected chi connectivity index (χ0v) is 13.5. The van der Waals surface area contributed by atoms with Crippen LogP contribution in [0.4, 0.5) is 0 Å². The molecule has 4 rings (SSSR count). The second-order valence-electron chi connectivity index (χ2n) is 6.56. The Morgan fingerprint density at radius 3 is 2.54 bits per heavy atom. The van der Waals surface area contributed by atoms with Crippen LogP contribution in [0.3, 0.4) is 0 Å². The van der Waals surface area contributed by atoms with Gasteiger partial charge in [-0.05, 0) is 30.5 Å². The first kappa shape index (κ1) is 15.1. The molecule has 1 saturated carbocycles. The molecule has 1 saturated heterocycles. The van der Waals surface area contributed by atoms with Crippen molar-refractivity contribution in [2.24, 2.45) is 0 Å². The van der Waals surface area contributed by atoms with Crippen LogP contribution >= 0.6 is 0 Å². The second-order valence-corrected chi connectivity index (χ2v) is 6.56. The van der Waals surface area contributed by atoms with E-state index in [0.29, 0.717) is 12.6 Å². The molecule has 1 aromatic heterocycles. The Morgan fingerprint density at radius 1 is 1.04 bits per heavy atom. The molecule has 5 heteroatoms. The van der Waals surface area contributed by atoms with Crippen LogP contribution in [0, 0.1) is 0 Å². The van der Waals surface area contributed by atoms with E-state index >= 15 is 0 Å². The average molecular weight is 323 g/mol. The Kier molecular flexibility index (Phi) is 3.94. The molecular weight excluding hydrogens is 302 g/mol. The summed E-state index contributed by atoms with van der Waals surface area (Å²) in [6.45, 7) is 2.37. The number of amides is 1. The molecular formula is C19H21N3O2. The van der Waals surface area contributed by atoms with Crippen molar-refractivity contribution in [1.29, 1.82) is 0 Å². The first-order valence-corrected chi connectivity index (χ1v) is 8.52. The summed E-state index contributed by atoms with van der Waals surface area (Å²) in [6, 6.07) is 14.1. The lowest BCUT2D eigenvalue weighted by Crippen LogP contribution is -2.51. The molecule has 1 amide bonds. The van der Waals surface area contributed by atoms with Crippen molar-refractivity contribution in [3.63, 3.8) is 0 Å². The number of piperazine rings is 1. The fraction of sp³-hybridized carbons (Fsp3) is 0.368. The first-order chi connectivity index (χ1) is 11.7. The number of aromatic nitrogens is 1. The van der Waals surface area contributed by atoms with E-state index in [9.17, 15) is 9.59 Å². The summed E-state index contributed by atoms with van der Waals surface area (Å²) in [7, 11) is 0. The molecule has 1 atom stereocenters. The number of H-pyrrole nitrogens is 1. The lowest BCUT2D eigenvalue weighted by Gasteiger charge is -2.42. The second kappa shape index (κ2) is 6.24. The van der Waals surface area contributed by atoms with Crippen LogP contribution in [-0.2, 0) is 0 Å². The molecule has 2 aliphatic rings. The van der Waals surface area contributed by atoms with E-state index in [2.05, 4.69) is 22.0 Å². The van der Waals surface area contributed by atoms with Gasteiger partial charge in [0.05, 0.1) is 6.04 Å². The molecule has 24 heavy (non-hydrogen) atoms. The standard InChI is InChI=1S/C19H21N3O2/c23-18-16(7-4-10-20-18)19(24)22-12-11-21(15-8-9-15)13-17(22)14-5-2-1-3-6-14/h1-7,10,15,17H,8-9,11-13H2,(H,20,23). The van der Waals surface area contributed by atoms with Crippen LogP contribution < -0.4 is 5.56 Å². The minimum atomic E-state index is -0.320. The van der Waals surface area contributed by atoms with Gasteiger partial charge >= 0.3 is 0 Å². The summed E-state index contributed by atoms with van der Waals surface area (Å²) in [5, 5.41) is 0. The third-order valence-electron chi connectivity index (χ3n) is 4.97. The Balaban J connectivity index is 1.66. The number of hydrogen-bond acceptors (Lipinski definition) is 3. The summed E-state index contributed by atoms with van der Waals surface area (Å²) in [5.74, 6) is -0.179. The number of nitrogens with zero attached hydrogens (tertiary/aromatic N) is 2. The molecule has 1 aliphatic heterocycles. The molecule has 5 nitrogen and oxygen atoms in total. The largest absolute Gasteiger partial charge is 0.329 e. The van der Waals surface area contributed by atoms with Gasteiger partial charge in [-0.1, -0.05) is 30.3 Å². The van der Waals surface area contributed by atoms with E-state index in [4.69, 9.17) is 0 Å². The van der Waals surface area contributed by atoms with Crippen LogP contribution in [-0.4, -0.2) is 46.4 Å². The van der Waals surface area contributed by atoms with E-state index in [-0.39, 0.29) is 23.1 Å². The highest BCUT2D eigenvalue weighted by Crippen LogP contribution is 2.33. The summed E-state index contributed by atoms with van der Waals surface area (Å²) < 4.78 is 0. The van der Waals surface area contributed by atoms with E-state index in [0.717, 1.165) is 18.7 Å². The first-order valence-electron chi connectivity index (χ1n) is 8.52. The van der Waals surface area contributed by atoms with Gasteiger partial charge in [0, 0.05) is 31.9 Å². The van der Waals surface area contributed by atoms with Gasteiger partial charge in [-0.2, -0.15) is 0 Å². The maximum absolute atomic E-state index is 13.0. The maximum atomic E-state index is 13.0. The minimum Gasteiger partial charge on any atom is -0.329 e. The number of carbonyl (C=O) groups excluding carboxylic acids is 1. The predicted molar refractivity (Wildman–Crippen MR) is 91.9 cm³/mol. The third kappa shape index (κ3) is 2.87. The van der Waals surface area contributed by atoms with Crippen LogP contribution in [0.2, 0.25) is 0 Å². The highest BCUT2D eigenvalue weighted by Gasteiger charge is 2.38. The highest BCUT2D eigenvalue weighted by molar-refractivity contribution is 5.94. The number of benzene rings is 1. The van der Waals surface area contributed by atoms with Crippen molar-refractivity contribution in [3.05, 3.63) is 70.1 Å². The van der Waals surface area contributed by atoms with Crippen molar-refractivity contribution < 1.29 is 4.79 Å². The summed E-state index contributed by atoms with van der Waals surface area (Å²) in [6.07, 6.45) is 4.07. The van der Waals surface area contributed by atoms with E-state index < -0.39 is 0 Å². The molecule has 124 valence electrons. The molecule has 1 aromatic carbocycles. The monoisotopic (exact) mass is 323 g/mol. The Hall–Kier alpha value is -2.40. The fourth-order valence-corrected chi connectivity index (χ4v) is 3.52. The molecule has 0 spiro atoms. The number of rotatable bonds is 3. The normalized spacial score (nSPS) is 21.7. The zero-order valence-electron chi connectivity index (χ0n) is 13.5. The number of hydrogen-bond donors (Lipinski definition) is 1. The van der Waals surface area contributed by atoms with E-state index in [1.165, 1.54) is 12.8 Å². The molecule has 1 unspecified atom stereocenters. The maximum Gasteiger partial charge on any atom is 0.260 e. The quantitative estimate of drug-likeness (QED) is 0.940. The van der Waals surface area contributed by atoms with Crippen LogP contribution in [0.5, 0.6) is 0 Å². The van der Waals surface area contributed by atoms with Gasteiger partial charge < -0.3 is 9.88 Å². The van der Waals surface area contributed by atoms with Crippen molar-refractivity contribution in [2.45, 2.75) is 24.9 Å². The van der Waals surface area contributed by atoms with Gasteiger partial charge in [-0.3, -0.25) is 14.5 Å². The Morgan fingerprint density at radius 2 is 1.83 bits per heavy atom. The minimum absolute atomic E-state index is 0.00680. The van der Waals surface area contributed by atoms with Crippen LogP contribution in [0.1, 0.15) is 34.8 Å². The molecule has 0 radical (unpaired) electrons. The number of nitrogens with one attached hydrogen (secondary N) is 1. The third-order valence-corrected chi connectivity index (χ3v) is 4.97. The van der Waals surface area contributed by atoms with E-state index in [1.54, 1.807) is 18.3 Å². The zero-order chi connectivity index (χ0) is 16.5. The van der Waals surface area contributed by atoms with Gasteiger partial charge in [0.1, 0.15) is 5.56 Å². The smallest absolute Gasteiger partial charge is 0.260 e. The van der Waals surface area contributed by atoms with Crippen molar-refractivity contribution in [1.82, 2.24) is 14.8 Å². The lowest BCUT2D eigenvalue weighted by atomic mass is 10.0. The SMILES string of the molecule is O=C(c1ccc[nH]c1=O)N1CCN(C2CC2)CC1c1ccccc1. The molecule has 1 aliphatic carbocycles. The molecule has 2 heterocycles. The van der Waals surface area contributed by atoms with Gasteiger partial charge in [0.25, 0.3) is 11.5 Å². The Labute approximate surface area is 140 Å². The van der Waals surface area contributed by atoms with Gasteiger partial charge in [0.2, 0.25) is 0 Å². The van der Waals surface area contributed by atoms with E-state index in [1.807, 2.05) is 23.1 Å². The van der Waals surface area contributed by atoms with Gasteiger partial charge in [-0.25, -0.2) is 0 Å². The predicted octanol–water partition coefficient (Wildman–Crippen LogP) is 2.04. The van der Waals surface area contributed by atoms with Gasteiger partial charge in [-0.15, -0.1) is 0 Å². The summed E-state index contributed by atoms with van der Waals surface area (Å²) in [4.78, 5) is 31.9. The summed E-state index contributed by atoms with van der Waals surface area (Å²) >= 11 is 0. The van der Waals surface area contributed by atoms with Crippen LogP contribution in [0.15, 0.2) is 53.5 Å². The molecule has 2 fully saturated rings. The number of aromatic amines is 1. The molecule has 0 bridgehead atoms. The van der Waals surface area contributed by atoms with Crippen molar-refractivity contribution >= 4 is 5.91 Å².